The molecule has 3 rings (SSSR count). The molecule has 0 saturated heterocycles. The summed E-state index contributed by atoms with van der Waals surface area (Å²) in [6, 6.07) is 19.0. The molecule has 0 bridgehead atoms. The second-order valence-electron chi connectivity index (χ2n) is 6.79. The predicted octanol–water partition coefficient (Wildman–Crippen LogP) is 5.15. The quantitative estimate of drug-likeness (QED) is 0.638. The van der Waals surface area contributed by atoms with Gasteiger partial charge >= 0.3 is 0 Å². The molecule has 0 aliphatic carbocycles. The van der Waals surface area contributed by atoms with Crippen LogP contribution in [0.4, 0.5) is 0 Å². The maximum Gasteiger partial charge on any atom is 0.0760 e. The second-order valence-corrected chi connectivity index (χ2v) is 6.79. The summed E-state index contributed by atoms with van der Waals surface area (Å²) in [6.45, 7) is 8.73. The fourth-order valence-corrected chi connectivity index (χ4v) is 2.59. The van der Waals surface area contributed by atoms with Crippen molar-refractivity contribution in [3.05, 3.63) is 72.1 Å². The van der Waals surface area contributed by atoms with Crippen LogP contribution < -0.4 is 0 Å². The third-order valence-corrected chi connectivity index (χ3v) is 3.81. The van der Waals surface area contributed by atoms with Crippen molar-refractivity contribution in [3.63, 3.8) is 0 Å². The molecule has 0 amide bonds. The van der Waals surface area contributed by atoms with Crippen LogP contribution in [0.15, 0.2) is 60.8 Å². The summed E-state index contributed by atoms with van der Waals surface area (Å²) >= 11 is 0. The zero-order valence-corrected chi connectivity index (χ0v) is 13.7. The summed E-state index contributed by atoms with van der Waals surface area (Å²) in [5, 5.41) is 4.87. The van der Waals surface area contributed by atoms with Crippen molar-refractivity contribution < 1.29 is 0 Å². The zero-order valence-electron chi connectivity index (χ0n) is 13.7. The summed E-state index contributed by atoms with van der Waals surface area (Å²) in [6.07, 6.45) is 2.14. The molecule has 0 atom stereocenters. The minimum absolute atomic E-state index is 0.00111. The number of aryl methyl sites for hydroxylation is 1. The number of hydrogen-bond donors (Lipinski definition) is 0. The Kier molecular flexibility index (Phi) is 3.61. The van der Waals surface area contributed by atoms with E-state index in [1.807, 2.05) is 10.7 Å². The topological polar surface area (TPSA) is 17.8 Å². The molecule has 3 aromatic rings. The van der Waals surface area contributed by atoms with Crippen LogP contribution in [-0.2, 0) is 5.41 Å². The van der Waals surface area contributed by atoms with Gasteiger partial charge in [-0.15, -0.1) is 0 Å². The first kappa shape index (κ1) is 14.6. The third-order valence-electron chi connectivity index (χ3n) is 3.81. The SMILES string of the molecule is Cc1ccc(-n2cc(-c3ccccc3)c(C(C)(C)C)n2)cc1. The van der Waals surface area contributed by atoms with Gasteiger partial charge in [-0.25, -0.2) is 4.68 Å². The summed E-state index contributed by atoms with van der Waals surface area (Å²) in [7, 11) is 0. The molecule has 0 radical (unpaired) electrons. The van der Waals surface area contributed by atoms with E-state index < -0.39 is 0 Å². The number of rotatable bonds is 2. The van der Waals surface area contributed by atoms with Gasteiger partial charge in [-0.3, -0.25) is 0 Å². The van der Waals surface area contributed by atoms with Gasteiger partial charge in [0, 0.05) is 17.2 Å². The van der Waals surface area contributed by atoms with E-state index in [1.54, 1.807) is 0 Å². The lowest BCUT2D eigenvalue weighted by Gasteiger charge is -2.17. The van der Waals surface area contributed by atoms with Crippen LogP contribution in [-0.4, -0.2) is 9.78 Å². The van der Waals surface area contributed by atoms with Crippen LogP contribution in [0.5, 0.6) is 0 Å². The number of nitrogens with zero attached hydrogens (tertiary/aromatic N) is 2. The summed E-state index contributed by atoms with van der Waals surface area (Å²) in [5.41, 5.74) is 5.90. The molecule has 0 aliphatic rings. The van der Waals surface area contributed by atoms with Gasteiger partial charge in [-0.1, -0.05) is 68.8 Å². The van der Waals surface area contributed by atoms with Crippen LogP contribution in [0.2, 0.25) is 0 Å². The Hall–Kier alpha value is -2.35. The Morgan fingerprint density at radius 2 is 1.50 bits per heavy atom. The molecule has 1 heterocycles. The zero-order chi connectivity index (χ0) is 15.7. The molecule has 112 valence electrons. The maximum absolute atomic E-state index is 4.87. The minimum atomic E-state index is 0.00111. The monoisotopic (exact) mass is 290 g/mol. The summed E-state index contributed by atoms with van der Waals surface area (Å²) in [5.74, 6) is 0. The fraction of sp³-hybridized carbons (Fsp3) is 0.250. The first-order chi connectivity index (χ1) is 10.4. The molecule has 1 aromatic heterocycles. The number of hydrogen-bond acceptors (Lipinski definition) is 1. The van der Waals surface area contributed by atoms with Gasteiger partial charge in [0.15, 0.2) is 0 Å². The first-order valence-electron chi connectivity index (χ1n) is 7.68. The molecule has 0 aliphatic heterocycles. The molecular weight excluding hydrogens is 268 g/mol. The van der Waals surface area contributed by atoms with Gasteiger partial charge in [0.1, 0.15) is 0 Å². The third kappa shape index (κ3) is 2.82. The fourth-order valence-electron chi connectivity index (χ4n) is 2.59. The van der Waals surface area contributed by atoms with E-state index in [2.05, 4.69) is 82.4 Å². The lowest BCUT2D eigenvalue weighted by molar-refractivity contribution is 0.561. The van der Waals surface area contributed by atoms with Gasteiger partial charge in [-0.05, 0) is 24.6 Å². The van der Waals surface area contributed by atoms with Crippen LogP contribution in [0.1, 0.15) is 32.0 Å². The Labute approximate surface area is 132 Å². The van der Waals surface area contributed by atoms with E-state index in [4.69, 9.17) is 5.10 Å². The highest BCUT2D eigenvalue weighted by molar-refractivity contribution is 5.67. The van der Waals surface area contributed by atoms with E-state index >= 15 is 0 Å². The van der Waals surface area contributed by atoms with Gasteiger partial charge in [-0.2, -0.15) is 5.10 Å². The standard InChI is InChI=1S/C20H22N2/c1-15-10-12-17(13-11-15)22-14-18(16-8-6-5-7-9-16)19(21-22)20(2,3)4/h5-14H,1-4H3. The first-order valence-corrected chi connectivity index (χ1v) is 7.68. The van der Waals surface area contributed by atoms with E-state index in [-0.39, 0.29) is 5.41 Å². The van der Waals surface area contributed by atoms with E-state index in [9.17, 15) is 0 Å². The summed E-state index contributed by atoms with van der Waals surface area (Å²) < 4.78 is 1.99. The van der Waals surface area contributed by atoms with Gasteiger partial charge in [0.25, 0.3) is 0 Å². The molecule has 0 spiro atoms. The maximum atomic E-state index is 4.87. The van der Waals surface area contributed by atoms with Crippen molar-refractivity contribution in [2.45, 2.75) is 33.1 Å². The van der Waals surface area contributed by atoms with E-state index in [0.717, 1.165) is 11.4 Å². The van der Waals surface area contributed by atoms with Crippen LogP contribution >= 0.6 is 0 Å². The molecule has 2 heteroatoms. The van der Waals surface area contributed by atoms with E-state index in [1.165, 1.54) is 16.7 Å². The van der Waals surface area contributed by atoms with Crippen LogP contribution in [0, 0.1) is 6.92 Å². The lowest BCUT2D eigenvalue weighted by atomic mass is 9.87. The molecule has 0 N–H and O–H groups in total. The summed E-state index contributed by atoms with van der Waals surface area (Å²) in [4.78, 5) is 0. The van der Waals surface area contributed by atoms with Crippen molar-refractivity contribution in [2.75, 3.05) is 0 Å². The molecule has 0 saturated carbocycles. The van der Waals surface area contributed by atoms with Gasteiger partial charge < -0.3 is 0 Å². The largest absolute Gasteiger partial charge is 0.240 e. The molecule has 2 nitrogen and oxygen atoms in total. The van der Waals surface area contributed by atoms with Crippen molar-refractivity contribution in [3.8, 4) is 16.8 Å². The average molecular weight is 290 g/mol. The van der Waals surface area contributed by atoms with Crippen molar-refractivity contribution in [2.24, 2.45) is 0 Å². The van der Waals surface area contributed by atoms with Crippen LogP contribution in [0.25, 0.3) is 16.8 Å². The number of aromatic nitrogens is 2. The Morgan fingerprint density at radius 3 is 2.09 bits per heavy atom. The normalized spacial score (nSPS) is 11.6. The lowest BCUT2D eigenvalue weighted by Crippen LogP contribution is -2.14. The van der Waals surface area contributed by atoms with Crippen LogP contribution in [0.3, 0.4) is 0 Å². The second kappa shape index (κ2) is 5.45. The van der Waals surface area contributed by atoms with Gasteiger partial charge in [0.2, 0.25) is 0 Å². The predicted molar refractivity (Wildman–Crippen MR) is 92.4 cm³/mol. The van der Waals surface area contributed by atoms with Crippen molar-refractivity contribution >= 4 is 0 Å². The molecular formula is C20H22N2. The van der Waals surface area contributed by atoms with Crippen molar-refractivity contribution in [1.29, 1.82) is 0 Å². The Bertz CT molecular complexity index is 760. The average Bonchev–Trinajstić information content (AvgIpc) is 2.94. The molecule has 0 fully saturated rings. The number of benzene rings is 2. The molecule has 2 aromatic carbocycles. The Morgan fingerprint density at radius 1 is 0.864 bits per heavy atom. The highest BCUT2D eigenvalue weighted by atomic mass is 15.3. The Balaban J connectivity index is 2.15. The van der Waals surface area contributed by atoms with Gasteiger partial charge in [0.05, 0.1) is 11.4 Å². The highest BCUT2D eigenvalue weighted by Crippen LogP contribution is 2.32. The van der Waals surface area contributed by atoms with Crippen molar-refractivity contribution in [1.82, 2.24) is 9.78 Å². The van der Waals surface area contributed by atoms with E-state index in [0.29, 0.717) is 0 Å². The molecule has 22 heavy (non-hydrogen) atoms. The minimum Gasteiger partial charge on any atom is -0.240 e. The highest BCUT2D eigenvalue weighted by Gasteiger charge is 2.23. The smallest absolute Gasteiger partial charge is 0.0760 e. The molecule has 0 unspecified atom stereocenters.